The van der Waals surface area contributed by atoms with E-state index in [9.17, 15) is 28.1 Å². The van der Waals surface area contributed by atoms with Gasteiger partial charge in [0.1, 0.15) is 5.02 Å². The first-order valence-corrected chi connectivity index (χ1v) is 8.54. The second kappa shape index (κ2) is 8.03. The number of ether oxygens (including phenoxy) is 1. The summed E-state index contributed by atoms with van der Waals surface area (Å²) in [5.74, 6) is -0.789. The zero-order chi connectivity index (χ0) is 22.1. The molecule has 3 rings (SSSR count). The maximum Gasteiger partial charge on any atom is 0.416 e. The molecule has 156 valence electrons. The van der Waals surface area contributed by atoms with Crippen LogP contribution in [0, 0.1) is 10.1 Å². The summed E-state index contributed by atoms with van der Waals surface area (Å²) in [4.78, 5) is 22.9. The van der Waals surface area contributed by atoms with Crippen LogP contribution in [0.4, 0.5) is 24.5 Å². The summed E-state index contributed by atoms with van der Waals surface area (Å²) in [7, 11) is 1.26. The van der Waals surface area contributed by atoms with Crippen molar-refractivity contribution in [2.45, 2.75) is 6.18 Å². The number of nitro groups is 1. The molecule has 2 aromatic carbocycles. The third-order valence-electron chi connectivity index (χ3n) is 3.95. The van der Waals surface area contributed by atoms with Crippen LogP contribution in [0.15, 0.2) is 48.7 Å². The minimum Gasteiger partial charge on any atom is -0.493 e. The molecule has 0 bridgehead atoms. The van der Waals surface area contributed by atoms with Crippen LogP contribution in [0.2, 0.25) is 5.02 Å². The summed E-state index contributed by atoms with van der Waals surface area (Å²) in [6.45, 7) is 0. The van der Waals surface area contributed by atoms with Gasteiger partial charge in [0.05, 0.1) is 29.5 Å². The van der Waals surface area contributed by atoms with Crippen molar-refractivity contribution in [3.8, 4) is 11.4 Å². The van der Waals surface area contributed by atoms with Crippen LogP contribution in [0.1, 0.15) is 16.1 Å². The van der Waals surface area contributed by atoms with Gasteiger partial charge in [-0.2, -0.15) is 18.3 Å². The van der Waals surface area contributed by atoms with Crippen molar-refractivity contribution in [2.24, 2.45) is 0 Å². The molecule has 8 nitrogen and oxygen atoms in total. The zero-order valence-electron chi connectivity index (χ0n) is 15.1. The number of rotatable bonds is 5. The number of halogens is 4. The van der Waals surface area contributed by atoms with Crippen LogP contribution in [-0.2, 0) is 6.18 Å². The number of nitrogens with zero attached hydrogens (tertiary/aromatic N) is 3. The highest BCUT2D eigenvalue weighted by Gasteiger charge is 2.31. The highest BCUT2D eigenvalue weighted by Crippen LogP contribution is 2.31. The lowest BCUT2D eigenvalue weighted by atomic mass is 10.2. The van der Waals surface area contributed by atoms with Crippen molar-refractivity contribution < 1.29 is 27.6 Å². The van der Waals surface area contributed by atoms with Crippen LogP contribution in [-0.4, -0.2) is 27.7 Å². The topological polar surface area (TPSA) is 99.3 Å². The summed E-state index contributed by atoms with van der Waals surface area (Å²) in [5, 5.41) is 17.3. The maximum atomic E-state index is 12.9. The van der Waals surface area contributed by atoms with E-state index in [2.05, 4.69) is 10.4 Å². The molecule has 0 fully saturated rings. The van der Waals surface area contributed by atoms with E-state index in [-0.39, 0.29) is 27.8 Å². The molecular formula is C18H12ClF3N4O4. The van der Waals surface area contributed by atoms with E-state index in [0.717, 1.165) is 22.9 Å². The summed E-state index contributed by atoms with van der Waals surface area (Å²) < 4.78 is 45.0. The summed E-state index contributed by atoms with van der Waals surface area (Å²) in [6, 6.07) is 8.03. The van der Waals surface area contributed by atoms with Gasteiger partial charge in [0.25, 0.3) is 11.6 Å². The third-order valence-corrected chi connectivity index (χ3v) is 4.27. The van der Waals surface area contributed by atoms with Crippen LogP contribution < -0.4 is 10.1 Å². The molecule has 3 aromatic rings. The van der Waals surface area contributed by atoms with E-state index in [1.807, 2.05) is 0 Å². The standard InChI is InChI=1S/C18H12ClF3N4O4/c1-30-15-9-25(12-4-2-3-10(7-12)18(20,21)22)24-16(15)17(27)23-11-5-6-13(19)14(8-11)26(28)29/h2-9H,1H3,(H,23,27). The molecule has 12 heteroatoms. The first-order valence-electron chi connectivity index (χ1n) is 8.16. The van der Waals surface area contributed by atoms with E-state index in [1.165, 1.54) is 37.6 Å². The van der Waals surface area contributed by atoms with Crippen LogP contribution in [0.5, 0.6) is 5.75 Å². The van der Waals surface area contributed by atoms with Crippen molar-refractivity contribution in [1.29, 1.82) is 0 Å². The lowest BCUT2D eigenvalue weighted by Crippen LogP contribution is -2.14. The average Bonchev–Trinajstić information content (AvgIpc) is 3.13. The van der Waals surface area contributed by atoms with Crippen molar-refractivity contribution in [3.63, 3.8) is 0 Å². The van der Waals surface area contributed by atoms with Gasteiger partial charge in [0.2, 0.25) is 0 Å². The number of carbonyl (C=O) groups is 1. The molecule has 0 spiro atoms. The van der Waals surface area contributed by atoms with Gasteiger partial charge < -0.3 is 10.1 Å². The summed E-state index contributed by atoms with van der Waals surface area (Å²) in [6.07, 6.45) is -3.30. The Balaban J connectivity index is 1.92. The number of hydrogen-bond acceptors (Lipinski definition) is 5. The van der Waals surface area contributed by atoms with Crippen molar-refractivity contribution in [3.05, 3.63) is 75.1 Å². The number of methoxy groups -OCH3 is 1. The summed E-state index contributed by atoms with van der Waals surface area (Å²) >= 11 is 5.74. The Labute approximate surface area is 172 Å². The predicted molar refractivity (Wildman–Crippen MR) is 101 cm³/mol. The van der Waals surface area contributed by atoms with Gasteiger partial charge in [0.15, 0.2) is 11.4 Å². The number of amides is 1. The van der Waals surface area contributed by atoms with Crippen LogP contribution in [0.25, 0.3) is 5.69 Å². The van der Waals surface area contributed by atoms with E-state index in [1.54, 1.807) is 0 Å². The van der Waals surface area contributed by atoms with Gasteiger partial charge in [-0.15, -0.1) is 0 Å². The van der Waals surface area contributed by atoms with Crippen molar-refractivity contribution in [2.75, 3.05) is 12.4 Å². The van der Waals surface area contributed by atoms with Crippen molar-refractivity contribution in [1.82, 2.24) is 9.78 Å². The fraction of sp³-hybridized carbons (Fsp3) is 0.111. The normalized spacial score (nSPS) is 11.2. The molecule has 0 radical (unpaired) electrons. The molecule has 0 aliphatic heterocycles. The molecule has 1 aromatic heterocycles. The van der Waals surface area contributed by atoms with E-state index < -0.39 is 28.3 Å². The monoisotopic (exact) mass is 440 g/mol. The molecule has 0 saturated heterocycles. The van der Waals surface area contributed by atoms with E-state index >= 15 is 0 Å². The van der Waals surface area contributed by atoms with E-state index in [4.69, 9.17) is 16.3 Å². The maximum absolute atomic E-state index is 12.9. The number of anilines is 1. The molecule has 1 heterocycles. The first-order chi connectivity index (χ1) is 14.1. The number of nitro benzene ring substituents is 1. The minimum atomic E-state index is -4.54. The zero-order valence-corrected chi connectivity index (χ0v) is 15.9. The fourth-order valence-corrected chi connectivity index (χ4v) is 2.73. The third kappa shape index (κ3) is 4.35. The van der Waals surface area contributed by atoms with Gasteiger partial charge in [-0.25, -0.2) is 4.68 Å². The largest absolute Gasteiger partial charge is 0.493 e. The van der Waals surface area contributed by atoms with Gasteiger partial charge in [-0.05, 0) is 30.3 Å². The van der Waals surface area contributed by atoms with Gasteiger partial charge >= 0.3 is 6.18 Å². The molecule has 30 heavy (non-hydrogen) atoms. The number of hydrogen-bond donors (Lipinski definition) is 1. The Hall–Kier alpha value is -3.60. The second-order valence-electron chi connectivity index (χ2n) is 5.92. The number of aromatic nitrogens is 2. The molecule has 0 atom stereocenters. The van der Waals surface area contributed by atoms with Gasteiger partial charge in [0, 0.05) is 11.8 Å². The smallest absolute Gasteiger partial charge is 0.416 e. The Morgan fingerprint density at radius 1 is 1.27 bits per heavy atom. The van der Waals surface area contributed by atoms with E-state index in [0.29, 0.717) is 0 Å². The number of benzene rings is 2. The Kier molecular flexibility index (Phi) is 5.65. The molecule has 0 aliphatic carbocycles. The molecule has 0 unspecified atom stereocenters. The van der Waals surface area contributed by atoms with Crippen molar-refractivity contribution >= 4 is 28.9 Å². The van der Waals surface area contributed by atoms with Crippen LogP contribution in [0.3, 0.4) is 0 Å². The lowest BCUT2D eigenvalue weighted by molar-refractivity contribution is -0.384. The number of alkyl halides is 3. The Morgan fingerprint density at radius 2 is 2.00 bits per heavy atom. The average molecular weight is 441 g/mol. The SMILES string of the molecule is COc1cn(-c2cccc(C(F)(F)F)c2)nc1C(=O)Nc1ccc(Cl)c([N+](=O)[O-])c1. The van der Waals surface area contributed by atoms with Gasteiger partial charge in [-0.1, -0.05) is 17.7 Å². The number of nitrogens with one attached hydrogen (secondary N) is 1. The Bertz CT molecular complexity index is 1130. The molecule has 1 amide bonds. The van der Waals surface area contributed by atoms with Gasteiger partial charge in [-0.3, -0.25) is 14.9 Å². The molecule has 0 saturated carbocycles. The quantitative estimate of drug-likeness (QED) is 0.457. The lowest BCUT2D eigenvalue weighted by Gasteiger charge is -2.08. The highest BCUT2D eigenvalue weighted by molar-refractivity contribution is 6.32. The Morgan fingerprint density at radius 3 is 2.63 bits per heavy atom. The predicted octanol–water partition coefficient (Wildman–Crippen LogP) is 4.71. The number of carbonyl (C=O) groups excluding carboxylic acids is 1. The molecule has 1 N–H and O–H groups in total. The highest BCUT2D eigenvalue weighted by atomic mass is 35.5. The van der Waals surface area contributed by atoms with Crippen LogP contribution >= 0.6 is 11.6 Å². The second-order valence-corrected chi connectivity index (χ2v) is 6.32. The minimum absolute atomic E-state index is 0.00613. The summed E-state index contributed by atoms with van der Waals surface area (Å²) in [5.41, 5.74) is -1.38. The fourth-order valence-electron chi connectivity index (χ4n) is 2.54. The molecular weight excluding hydrogens is 429 g/mol. The molecule has 0 aliphatic rings. The first kappa shape index (κ1) is 21.1.